The van der Waals surface area contributed by atoms with Crippen molar-refractivity contribution in [3.05, 3.63) is 59.9 Å². The van der Waals surface area contributed by atoms with Gasteiger partial charge in [-0.2, -0.15) is 0 Å². The third-order valence-corrected chi connectivity index (χ3v) is 2.34. The van der Waals surface area contributed by atoms with Crippen LogP contribution in [0.2, 0.25) is 0 Å². The summed E-state index contributed by atoms with van der Waals surface area (Å²) >= 11 is 0. The van der Waals surface area contributed by atoms with Crippen LogP contribution in [-0.2, 0) is 0 Å². The lowest BCUT2D eigenvalue weighted by atomic mass is 10.0. The minimum absolute atomic E-state index is 0.00846. The van der Waals surface area contributed by atoms with Crippen molar-refractivity contribution in [3.8, 4) is 11.1 Å². The Hall–Kier alpha value is -1.77. The first-order chi connectivity index (χ1) is 7.66. The van der Waals surface area contributed by atoms with Gasteiger partial charge in [0.15, 0.2) is 0 Å². The lowest BCUT2D eigenvalue weighted by molar-refractivity contribution is 0.151. The van der Waals surface area contributed by atoms with E-state index in [0.717, 1.165) is 11.1 Å². The maximum Gasteiger partial charge on any atom is 0.263 e. The molecule has 0 atom stereocenters. The van der Waals surface area contributed by atoms with E-state index in [1.165, 1.54) is 24.3 Å². The molecule has 0 aliphatic carbocycles. The Morgan fingerprint density at radius 3 is 1.56 bits per heavy atom. The Balaban J connectivity index is 2.31. The van der Waals surface area contributed by atoms with Crippen LogP contribution >= 0.6 is 0 Å². The van der Waals surface area contributed by atoms with Crippen LogP contribution in [0.25, 0.3) is 11.1 Å². The van der Waals surface area contributed by atoms with Crippen LogP contribution < -0.4 is 0 Å². The fraction of sp³-hybridized carbons (Fsp3) is 0.0769. The number of alkyl halides is 2. The highest BCUT2D eigenvalue weighted by molar-refractivity contribution is 5.63. The number of benzene rings is 2. The van der Waals surface area contributed by atoms with Crippen molar-refractivity contribution in [3.63, 3.8) is 0 Å². The van der Waals surface area contributed by atoms with Gasteiger partial charge in [0.2, 0.25) is 0 Å². The van der Waals surface area contributed by atoms with E-state index in [4.69, 9.17) is 0 Å². The Bertz CT molecular complexity index is 458. The molecule has 0 aliphatic rings. The molecular weight excluding hydrogens is 213 g/mol. The van der Waals surface area contributed by atoms with E-state index in [9.17, 15) is 13.2 Å². The van der Waals surface area contributed by atoms with Crippen molar-refractivity contribution in [2.75, 3.05) is 0 Å². The van der Waals surface area contributed by atoms with Crippen molar-refractivity contribution in [1.82, 2.24) is 0 Å². The van der Waals surface area contributed by atoms with Crippen LogP contribution in [0, 0.1) is 5.82 Å². The van der Waals surface area contributed by atoms with Gasteiger partial charge in [0, 0.05) is 5.56 Å². The Kier molecular flexibility index (Phi) is 2.95. The molecule has 16 heavy (non-hydrogen) atoms. The number of hydrogen-bond acceptors (Lipinski definition) is 0. The third-order valence-electron chi connectivity index (χ3n) is 2.34. The van der Waals surface area contributed by atoms with Crippen LogP contribution in [0.1, 0.15) is 12.0 Å². The van der Waals surface area contributed by atoms with E-state index in [1.54, 1.807) is 24.3 Å². The molecule has 2 aromatic carbocycles. The zero-order valence-corrected chi connectivity index (χ0v) is 8.33. The van der Waals surface area contributed by atoms with Crippen molar-refractivity contribution in [2.24, 2.45) is 0 Å². The number of rotatable bonds is 2. The molecule has 0 amide bonds. The van der Waals surface area contributed by atoms with Gasteiger partial charge in [0.25, 0.3) is 6.43 Å². The minimum Gasteiger partial charge on any atom is -0.207 e. The predicted molar refractivity (Wildman–Crippen MR) is 56.8 cm³/mol. The smallest absolute Gasteiger partial charge is 0.207 e. The summed E-state index contributed by atoms with van der Waals surface area (Å²) in [6, 6.07) is 11.9. The molecule has 0 nitrogen and oxygen atoms in total. The highest BCUT2D eigenvalue weighted by Crippen LogP contribution is 2.24. The summed E-state index contributed by atoms with van der Waals surface area (Å²) in [6.45, 7) is 0. The van der Waals surface area contributed by atoms with Crippen LogP contribution in [0.3, 0.4) is 0 Å². The van der Waals surface area contributed by atoms with Gasteiger partial charge in [-0.1, -0.05) is 36.4 Å². The third kappa shape index (κ3) is 2.24. The molecule has 82 valence electrons. The molecule has 0 fully saturated rings. The van der Waals surface area contributed by atoms with E-state index in [1.807, 2.05) is 0 Å². The largest absolute Gasteiger partial charge is 0.263 e. The lowest BCUT2D eigenvalue weighted by Crippen LogP contribution is -1.84. The van der Waals surface area contributed by atoms with Gasteiger partial charge in [0.05, 0.1) is 0 Å². The molecule has 0 saturated carbocycles. The van der Waals surface area contributed by atoms with Crippen LogP contribution in [0.4, 0.5) is 13.2 Å². The second kappa shape index (κ2) is 4.39. The Morgan fingerprint density at radius 2 is 1.12 bits per heavy atom. The van der Waals surface area contributed by atoms with Gasteiger partial charge in [0.1, 0.15) is 5.82 Å². The van der Waals surface area contributed by atoms with E-state index in [-0.39, 0.29) is 11.4 Å². The standard InChI is InChI=1S/C13H9F3/c14-12-7-5-10(6-8-12)9-1-3-11(4-2-9)13(15)16/h1-8,13H. The Morgan fingerprint density at radius 1 is 0.688 bits per heavy atom. The second-order valence-electron chi connectivity index (χ2n) is 3.43. The number of hydrogen-bond donors (Lipinski definition) is 0. The molecule has 0 unspecified atom stereocenters. The molecule has 0 aliphatic heterocycles. The lowest BCUT2D eigenvalue weighted by Gasteiger charge is -2.03. The molecule has 0 N–H and O–H groups in total. The maximum atomic E-state index is 12.7. The average molecular weight is 222 g/mol. The summed E-state index contributed by atoms with van der Waals surface area (Å²) < 4.78 is 37.3. The highest BCUT2D eigenvalue weighted by Gasteiger charge is 2.06. The van der Waals surface area contributed by atoms with Gasteiger partial charge in [-0.25, -0.2) is 13.2 Å². The van der Waals surface area contributed by atoms with Crippen molar-refractivity contribution < 1.29 is 13.2 Å². The van der Waals surface area contributed by atoms with Gasteiger partial charge in [-0.3, -0.25) is 0 Å². The first kappa shape index (κ1) is 10.7. The molecule has 3 heteroatoms. The molecule has 0 saturated heterocycles. The summed E-state index contributed by atoms with van der Waals surface area (Å²) in [5.41, 5.74) is 1.59. The van der Waals surface area contributed by atoms with Crippen LogP contribution in [0.15, 0.2) is 48.5 Å². The van der Waals surface area contributed by atoms with Gasteiger partial charge in [-0.05, 0) is 23.3 Å². The quantitative estimate of drug-likeness (QED) is 0.705. The molecule has 2 rings (SSSR count). The predicted octanol–water partition coefficient (Wildman–Crippen LogP) is 4.43. The van der Waals surface area contributed by atoms with Crippen LogP contribution in [0.5, 0.6) is 0 Å². The zero-order chi connectivity index (χ0) is 11.5. The van der Waals surface area contributed by atoms with Gasteiger partial charge < -0.3 is 0 Å². The summed E-state index contributed by atoms with van der Waals surface area (Å²) in [5.74, 6) is -0.312. The zero-order valence-electron chi connectivity index (χ0n) is 8.33. The fourth-order valence-corrected chi connectivity index (χ4v) is 1.46. The minimum atomic E-state index is -2.46. The summed E-state index contributed by atoms with van der Waals surface area (Å²) in [6.07, 6.45) is -2.46. The molecule has 0 heterocycles. The normalized spacial score (nSPS) is 10.8. The molecule has 0 aromatic heterocycles. The first-order valence-electron chi connectivity index (χ1n) is 4.81. The van der Waals surface area contributed by atoms with Crippen molar-refractivity contribution >= 4 is 0 Å². The second-order valence-corrected chi connectivity index (χ2v) is 3.43. The summed E-state index contributed by atoms with van der Waals surface area (Å²) in [7, 11) is 0. The van der Waals surface area contributed by atoms with Crippen molar-refractivity contribution in [1.29, 1.82) is 0 Å². The first-order valence-corrected chi connectivity index (χ1v) is 4.81. The van der Waals surface area contributed by atoms with Crippen LogP contribution in [-0.4, -0.2) is 0 Å². The monoisotopic (exact) mass is 222 g/mol. The molecule has 2 aromatic rings. The van der Waals surface area contributed by atoms with E-state index >= 15 is 0 Å². The topological polar surface area (TPSA) is 0 Å². The van der Waals surface area contributed by atoms with E-state index in [2.05, 4.69) is 0 Å². The fourth-order valence-electron chi connectivity index (χ4n) is 1.46. The molecular formula is C13H9F3. The maximum absolute atomic E-state index is 12.7. The highest BCUT2D eigenvalue weighted by atomic mass is 19.3. The van der Waals surface area contributed by atoms with E-state index in [0.29, 0.717) is 0 Å². The number of halogens is 3. The van der Waals surface area contributed by atoms with E-state index < -0.39 is 6.43 Å². The average Bonchev–Trinajstić information content (AvgIpc) is 2.30. The summed E-state index contributed by atoms with van der Waals surface area (Å²) in [5, 5.41) is 0. The molecule has 0 radical (unpaired) electrons. The van der Waals surface area contributed by atoms with Gasteiger partial charge >= 0.3 is 0 Å². The van der Waals surface area contributed by atoms with Crippen molar-refractivity contribution in [2.45, 2.75) is 6.43 Å². The molecule has 0 spiro atoms. The summed E-state index contributed by atoms with van der Waals surface area (Å²) in [4.78, 5) is 0. The van der Waals surface area contributed by atoms with Gasteiger partial charge in [-0.15, -0.1) is 0 Å². The Labute approximate surface area is 91.4 Å². The SMILES string of the molecule is Fc1ccc(-c2ccc(C(F)F)cc2)cc1. The molecule has 0 bridgehead atoms.